The molecule has 2 rings (SSSR count). The van der Waals surface area contributed by atoms with Crippen molar-refractivity contribution in [2.45, 2.75) is 77.3 Å². The molecule has 2 aromatic rings. The van der Waals surface area contributed by atoms with E-state index in [1.165, 1.54) is 0 Å². The summed E-state index contributed by atoms with van der Waals surface area (Å²) in [6, 6.07) is 14.9. The highest BCUT2D eigenvalue weighted by molar-refractivity contribution is 5.93. The van der Waals surface area contributed by atoms with Gasteiger partial charge in [0.1, 0.15) is 25.3 Å². The summed E-state index contributed by atoms with van der Waals surface area (Å²) in [7, 11) is 0. The van der Waals surface area contributed by atoms with Crippen LogP contribution in [-0.2, 0) is 46.7 Å². The first-order valence-corrected chi connectivity index (χ1v) is 13.6. The summed E-state index contributed by atoms with van der Waals surface area (Å²) in [5.41, 5.74) is 13.1. The minimum atomic E-state index is -1.21. The summed E-state index contributed by atoms with van der Waals surface area (Å²) in [5, 5.41) is 5.07. The third-order valence-electron chi connectivity index (χ3n) is 6.61. The van der Waals surface area contributed by atoms with Gasteiger partial charge in [-0.05, 0) is 29.9 Å². The van der Waals surface area contributed by atoms with Crippen molar-refractivity contribution >= 4 is 29.7 Å². The van der Waals surface area contributed by atoms with Crippen LogP contribution in [0.3, 0.4) is 0 Å². The zero-order valence-electron chi connectivity index (χ0n) is 23.5. The number of amides is 3. The lowest BCUT2D eigenvalue weighted by Gasteiger charge is -2.24. The lowest BCUT2D eigenvalue weighted by molar-refractivity contribution is -0.146. The van der Waals surface area contributed by atoms with Crippen LogP contribution in [-0.4, -0.2) is 47.8 Å². The Kier molecular flexibility index (Phi) is 14.0. The molecule has 0 bridgehead atoms. The largest absolute Gasteiger partial charge is 0.461 e. The second kappa shape index (κ2) is 17.4. The van der Waals surface area contributed by atoms with Gasteiger partial charge in [-0.3, -0.25) is 24.0 Å². The summed E-state index contributed by atoms with van der Waals surface area (Å²) >= 11 is 0. The molecule has 0 saturated heterocycles. The Labute approximate surface area is 240 Å². The zero-order valence-corrected chi connectivity index (χ0v) is 23.5. The van der Waals surface area contributed by atoms with Gasteiger partial charge in [-0.1, -0.05) is 80.9 Å². The van der Waals surface area contributed by atoms with Crippen LogP contribution in [0.1, 0.15) is 57.1 Å². The summed E-state index contributed by atoms with van der Waals surface area (Å²) in [4.78, 5) is 62.6. The Morgan fingerprint density at radius 1 is 0.732 bits per heavy atom. The van der Waals surface area contributed by atoms with Gasteiger partial charge in [-0.2, -0.15) is 0 Å². The molecule has 2 aromatic carbocycles. The van der Waals surface area contributed by atoms with Crippen molar-refractivity contribution in [2.75, 3.05) is 0 Å². The number of carbonyl (C=O) groups excluding carboxylic acids is 5. The number of benzene rings is 2. The van der Waals surface area contributed by atoms with Gasteiger partial charge in [0, 0.05) is 12.8 Å². The highest BCUT2D eigenvalue weighted by Gasteiger charge is 2.29. The van der Waals surface area contributed by atoms with Crippen LogP contribution < -0.4 is 22.1 Å². The molecule has 222 valence electrons. The number of rotatable bonds is 17. The van der Waals surface area contributed by atoms with E-state index < -0.39 is 47.8 Å². The van der Waals surface area contributed by atoms with Crippen molar-refractivity contribution in [2.24, 2.45) is 17.4 Å². The number of nitrogens with one attached hydrogen (secondary N) is 2. The van der Waals surface area contributed by atoms with Crippen molar-refractivity contribution in [3.63, 3.8) is 0 Å². The smallest absolute Gasteiger partial charge is 0.306 e. The van der Waals surface area contributed by atoms with Crippen molar-refractivity contribution < 1.29 is 33.4 Å². The third kappa shape index (κ3) is 12.2. The maximum Gasteiger partial charge on any atom is 0.306 e. The van der Waals surface area contributed by atoms with Gasteiger partial charge >= 0.3 is 11.9 Å². The first-order valence-electron chi connectivity index (χ1n) is 13.6. The van der Waals surface area contributed by atoms with E-state index in [0.717, 1.165) is 11.1 Å². The Balaban J connectivity index is 1.98. The SMILES string of the molecule is CC[C@H](C)[C@@H](N)C(=O)N[C@@H](CCC(=O)OCc1ccccc1)C(=O)N[C@@H](CCC(=O)OCc1ccccc1)C(N)=O. The van der Waals surface area contributed by atoms with E-state index in [0.29, 0.717) is 6.42 Å². The predicted molar refractivity (Wildman–Crippen MR) is 151 cm³/mol. The molecule has 0 heterocycles. The first-order chi connectivity index (χ1) is 19.6. The summed E-state index contributed by atoms with van der Waals surface area (Å²) in [6.45, 7) is 3.82. The van der Waals surface area contributed by atoms with Crippen LogP contribution in [0.5, 0.6) is 0 Å². The van der Waals surface area contributed by atoms with E-state index >= 15 is 0 Å². The molecule has 11 heteroatoms. The fourth-order valence-corrected chi connectivity index (χ4v) is 3.75. The molecule has 0 aliphatic rings. The van der Waals surface area contributed by atoms with E-state index in [9.17, 15) is 24.0 Å². The lowest BCUT2D eigenvalue weighted by atomic mass is 9.98. The number of primary amides is 1. The molecule has 6 N–H and O–H groups in total. The number of hydrogen-bond donors (Lipinski definition) is 4. The van der Waals surface area contributed by atoms with E-state index in [1.807, 2.05) is 55.5 Å². The Hall–Kier alpha value is -4.25. The quantitative estimate of drug-likeness (QED) is 0.209. The van der Waals surface area contributed by atoms with E-state index in [1.54, 1.807) is 19.1 Å². The van der Waals surface area contributed by atoms with E-state index in [-0.39, 0.29) is 44.8 Å². The van der Waals surface area contributed by atoms with Gasteiger partial charge in [0.15, 0.2) is 0 Å². The topological polar surface area (TPSA) is 180 Å². The van der Waals surface area contributed by atoms with Gasteiger partial charge in [-0.25, -0.2) is 0 Å². The Morgan fingerprint density at radius 2 is 1.17 bits per heavy atom. The summed E-state index contributed by atoms with van der Waals surface area (Å²) in [5.74, 6) is -3.48. The average Bonchev–Trinajstić information content (AvgIpc) is 2.98. The molecule has 0 aromatic heterocycles. The summed E-state index contributed by atoms with van der Waals surface area (Å²) in [6.07, 6.45) is 0.0601. The van der Waals surface area contributed by atoms with Crippen LogP contribution in [0.25, 0.3) is 0 Å². The van der Waals surface area contributed by atoms with Crippen molar-refractivity contribution in [1.29, 1.82) is 0 Å². The number of carbonyl (C=O) groups is 5. The molecular weight excluding hydrogens is 528 g/mol. The van der Waals surface area contributed by atoms with Crippen LogP contribution >= 0.6 is 0 Å². The highest BCUT2D eigenvalue weighted by Crippen LogP contribution is 2.10. The summed E-state index contributed by atoms with van der Waals surface area (Å²) < 4.78 is 10.5. The first kappa shape index (κ1) is 33.0. The van der Waals surface area contributed by atoms with Crippen LogP contribution in [0.2, 0.25) is 0 Å². The molecule has 3 amide bonds. The molecule has 0 aliphatic carbocycles. The zero-order chi connectivity index (χ0) is 30.2. The van der Waals surface area contributed by atoms with Crippen molar-refractivity contribution in [1.82, 2.24) is 10.6 Å². The average molecular weight is 569 g/mol. The normalized spacial score (nSPS) is 13.6. The second-order valence-electron chi connectivity index (χ2n) is 9.81. The van der Waals surface area contributed by atoms with E-state index in [2.05, 4.69) is 10.6 Å². The molecule has 0 unspecified atom stereocenters. The fraction of sp³-hybridized carbons (Fsp3) is 0.433. The number of nitrogens with two attached hydrogens (primary N) is 2. The molecule has 4 atom stereocenters. The standard InChI is InChI=1S/C30H40N4O7/c1-3-20(2)27(31)30(39)34-24(15-17-26(36)41-19-22-12-8-5-9-13-22)29(38)33-23(28(32)37)14-16-25(35)40-18-21-10-6-4-7-11-21/h4-13,20,23-24,27H,3,14-19,31H2,1-2H3,(H2,32,37)(H,33,38)(H,34,39)/t20-,23-,24-,27+/m0/s1. The van der Waals surface area contributed by atoms with Gasteiger partial charge < -0.3 is 31.6 Å². The molecule has 41 heavy (non-hydrogen) atoms. The molecule has 0 aliphatic heterocycles. The maximum atomic E-state index is 13.2. The predicted octanol–water partition coefficient (Wildman–Crippen LogP) is 1.86. The van der Waals surface area contributed by atoms with Gasteiger partial charge in [0.05, 0.1) is 6.04 Å². The highest BCUT2D eigenvalue weighted by atomic mass is 16.5. The minimum absolute atomic E-state index is 0.0614. The van der Waals surface area contributed by atoms with Gasteiger partial charge in [-0.15, -0.1) is 0 Å². The molecule has 11 nitrogen and oxygen atoms in total. The lowest BCUT2D eigenvalue weighted by Crippen LogP contribution is -2.56. The molecule has 0 saturated carbocycles. The Bertz CT molecular complexity index is 1140. The number of esters is 2. The van der Waals surface area contributed by atoms with Crippen LogP contribution in [0, 0.1) is 5.92 Å². The van der Waals surface area contributed by atoms with Crippen molar-refractivity contribution in [3.8, 4) is 0 Å². The monoisotopic (exact) mass is 568 g/mol. The fourth-order valence-electron chi connectivity index (χ4n) is 3.75. The van der Waals surface area contributed by atoms with Crippen LogP contribution in [0.15, 0.2) is 60.7 Å². The molecular formula is C30H40N4O7. The molecule has 0 radical (unpaired) electrons. The minimum Gasteiger partial charge on any atom is -0.461 e. The van der Waals surface area contributed by atoms with Crippen molar-refractivity contribution in [3.05, 3.63) is 71.8 Å². The molecule has 0 spiro atoms. The van der Waals surface area contributed by atoms with Crippen LogP contribution in [0.4, 0.5) is 0 Å². The maximum absolute atomic E-state index is 13.2. The number of ether oxygens (including phenoxy) is 2. The Morgan fingerprint density at radius 3 is 1.61 bits per heavy atom. The molecule has 0 fully saturated rings. The third-order valence-corrected chi connectivity index (χ3v) is 6.61. The number of hydrogen-bond acceptors (Lipinski definition) is 8. The van der Waals surface area contributed by atoms with E-state index in [4.69, 9.17) is 20.9 Å². The van der Waals surface area contributed by atoms with Gasteiger partial charge in [0.25, 0.3) is 0 Å². The second-order valence-corrected chi connectivity index (χ2v) is 9.81. The van der Waals surface area contributed by atoms with Gasteiger partial charge in [0.2, 0.25) is 17.7 Å².